The second-order valence-corrected chi connectivity index (χ2v) is 4.02. The molecule has 0 unspecified atom stereocenters. The van der Waals surface area contributed by atoms with Crippen LogP contribution in [-0.4, -0.2) is 23.8 Å². The minimum atomic E-state index is -1.43. The lowest BCUT2D eigenvalue weighted by Gasteiger charge is -2.03. The van der Waals surface area contributed by atoms with Gasteiger partial charge in [0, 0.05) is 5.33 Å². The molecular weight excluding hydrogens is 331 g/mol. The predicted molar refractivity (Wildman–Crippen MR) is 71.3 cm³/mol. The van der Waals surface area contributed by atoms with E-state index in [1.807, 2.05) is 17.8 Å². The minimum absolute atomic E-state index is 0.250. The number of nitriles is 2. The second kappa shape index (κ2) is 12.3. The van der Waals surface area contributed by atoms with Gasteiger partial charge in [0.05, 0.1) is 20.2 Å². The number of alkyl halides is 1. The van der Waals surface area contributed by atoms with Crippen LogP contribution in [0.3, 0.4) is 0 Å². The van der Waals surface area contributed by atoms with Crippen LogP contribution >= 0.6 is 15.9 Å². The fourth-order valence-corrected chi connectivity index (χ4v) is 1.11. The minimum Gasteiger partial charge on any atom is -0.429 e. The monoisotopic (exact) mass is 345 g/mol. The van der Waals surface area contributed by atoms with Crippen molar-refractivity contribution in [3.8, 4) is 12.5 Å². The van der Waals surface area contributed by atoms with Gasteiger partial charge in [-0.25, -0.2) is 18.8 Å². The Kier molecular flexibility index (Phi) is 11.2. The van der Waals surface area contributed by atoms with Gasteiger partial charge in [-0.3, -0.25) is 0 Å². The average molecular weight is 346 g/mol. The molecule has 0 aliphatic heterocycles. The number of rotatable bonds is 7. The van der Waals surface area contributed by atoms with Gasteiger partial charge >= 0.3 is 7.32 Å². The lowest BCUT2D eigenvalue weighted by atomic mass is 10.2. The number of imidazole rings is 1. The lowest BCUT2D eigenvalue weighted by molar-refractivity contribution is -0.671. The van der Waals surface area contributed by atoms with Crippen molar-refractivity contribution in [3.63, 3.8) is 0 Å². The van der Waals surface area contributed by atoms with Crippen LogP contribution in [0, 0.1) is 23.0 Å². The molecule has 0 aromatic carbocycles. The molecule has 1 aromatic rings. The molecular formula is C10H15BBrN4O4+. The van der Waals surface area contributed by atoms with E-state index in [0.29, 0.717) is 5.33 Å². The molecule has 0 saturated carbocycles. The summed E-state index contributed by atoms with van der Waals surface area (Å²) in [5.74, 6) is 0. The molecule has 0 aliphatic carbocycles. The highest BCUT2D eigenvalue weighted by Crippen LogP contribution is 1.92. The zero-order valence-electron chi connectivity index (χ0n) is 11.2. The van der Waals surface area contributed by atoms with Crippen molar-refractivity contribution in [1.29, 1.82) is 10.5 Å². The Bertz CT molecular complexity index is 429. The summed E-state index contributed by atoms with van der Waals surface area (Å²) < 4.78 is 12.4. The van der Waals surface area contributed by atoms with Crippen molar-refractivity contribution in [2.75, 3.05) is 11.9 Å². The van der Waals surface area contributed by atoms with E-state index in [9.17, 15) is 0 Å². The second-order valence-electron chi connectivity index (χ2n) is 3.22. The van der Waals surface area contributed by atoms with Crippen molar-refractivity contribution in [2.45, 2.75) is 13.5 Å². The quantitative estimate of drug-likeness (QED) is 0.137. The van der Waals surface area contributed by atoms with Gasteiger partial charge < -0.3 is 9.31 Å². The van der Waals surface area contributed by atoms with Crippen LogP contribution in [0.15, 0.2) is 18.7 Å². The van der Waals surface area contributed by atoms with Crippen molar-refractivity contribution in [3.05, 3.63) is 18.7 Å². The smallest absolute Gasteiger partial charge is 0.429 e. The zero-order chi connectivity index (χ0) is 15.2. The average Bonchev–Trinajstić information content (AvgIpc) is 2.86. The van der Waals surface area contributed by atoms with Gasteiger partial charge in [0.25, 0.3) is 12.5 Å². The third-order valence-electron chi connectivity index (χ3n) is 1.79. The molecule has 0 bridgehead atoms. The highest BCUT2D eigenvalue weighted by atomic mass is 79.9. The van der Waals surface area contributed by atoms with Crippen LogP contribution in [0.25, 0.3) is 0 Å². The summed E-state index contributed by atoms with van der Waals surface area (Å²) in [6, 6.07) is 0. The van der Waals surface area contributed by atoms with Gasteiger partial charge in [-0.05, 0) is 6.92 Å². The SMILES string of the molecule is CCn1cc[n+](C)c1.N#COB(OC#N)OOCCBr. The summed E-state index contributed by atoms with van der Waals surface area (Å²) in [5.41, 5.74) is 0. The summed E-state index contributed by atoms with van der Waals surface area (Å²) in [4.78, 5) is 8.79. The van der Waals surface area contributed by atoms with E-state index >= 15 is 0 Å². The number of aryl methyl sites for hydroxylation is 2. The zero-order valence-corrected chi connectivity index (χ0v) is 12.8. The third kappa shape index (κ3) is 9.22. The van der Waals surface area contributed by atoms with Crippen LogP contribution in [0.2, 0.25) is 0 Å². The molecule has 1 rings (SSSR count). The Morgan fingerprint density at radius 1 is 1.35 bits per heavy atom. The lowest BCUT2D eigenvalue weighted by Crippen LogP contribution is -2.23. The Morgan fingerprint density at radius 3 is 2.35 bits per heavy atom. The number of halogens is 1. The van der Waals surface area contributed by atoms with Gasteiger partial charge in [0.1, 0.15) is 12.4 Å². The molecule has 0 saturated heterocycles. The van der Waals surface area contributed by atoms with Crippen LogP contribution in [-0.2, 0) is 32.6 Å². The van der Waals surface area contributed by atoms with E-state index < -0.39 is 7.32 Å². The molecule has 10 heteroatoms. The highest BCUT2D eigenvalue weighted by molar-refractivity contribution is 9.09. The van der Waals surface area contributed by atoms with Crippen LogP contribution in [0.5, 0.6) is 0 Å². The summed E-state index contributed by atoms with van der Waals surface area (Å²) in [7, 11) is 0.589. The normalized spacial score (nSPS) is 8.65. The topological polar surface area (TPSA) is 93.3 Å². The number of nitrogens with zero attached hydrogens (tertiary/aromatic N) is 4. The molecule has 1 aromatic heterocycles. The maximum Gasteiger partial charge on any atom is 0.837 e. The van der Waals surface area contributed by atoms with Crippen LogP contribution in [0.4, 0.5) is 0 Å². The molecule has 1 heterocycles. The summed E-state index contributed by atoms with van der Waals surface area (Å²) in [5, 5.41) is 16.6. The van der Waals surface area contributed by atoms with E-state index in [4.69, 9.17) is 10.5 Å². The van der Waals surface area contributed by atoms with Gasteiger partial charge in [0.15, 0.2) is 0 Å². The first-order valence-electron chi connectivity index (χ1n) is 5.62. The molecule has 8 nitrogen and oxygen atoms in total. The van der Waals surface area contributed by atoms with E-state index in [0.717, 1.165) is 6.54 Å². The van der Waals surface area contributed by atoms with Gasteiger partial charge in [0.2, 0.25) is 6.33 Å². The number of hydrogen-bond acceptors (Lipinski definition) is 6. The Balaban J connectivity index is 0.000000388. The van der Waals surface area contributed by atoms with Crippen LogP contribution in [0.1, 0.15) is 6.92 Å². The molecule has 0 amide bonds. The van der Waals surface area contributed by atoms with E-state index in [1.165, 1.54) is 12.5 Å². The third-order valence-corrected chi connectivity index (χ3v) is 2.12. The van der Waals surface area contributed by atoms with Gasteiger partial charge in [-0.1, -0.05) is 15.9 Å². The highest BCUT2D eigenvalue weighted by Gasteiger charge is 2.28. The first-order valence-corrected chi connectivity index (χ1v) is 6.74. The maximum atomic E-state index is 8.01. The number of hydrogen-bond donors (Lipinski definition) is 0. The largest absolute Gasteiger partial charge is 0.837 e. The van der Waals surface area contributed by atoms with Gasteiger partial charge in [-0.15, -0.1) is 0 Å². The molecule has 0 radical (unpaired) electrons. The molecule has 20 heavy (non-hydrogen) atoms. The maximum absolute atomic E-state index is 8.01. The summed E-state index contributed by atoms with van der Waals surface area (Å²) in [6.07, 6.45) is 8.72. The van der Waals surface area contributed by atoms with E-state index in [-0.39, 0.29) is 6.61 Å². The van der Waals surface area contributed by atoms with E-state index in [2.05, 4.69) is 58.9 Å². The Labute approximate surface area is 126 Å². The van der Waals surface area contributed by atoms with Crippen LogP contribution < -0.4 is 4.57 Å². The van der Waals surface area contributed by atoms with Gasteiger partial charge in [-0.2, -0.15) is 10.5 Å². The molecule has 0 N–H and O–H groups in total. The molecule has 0 spiro atoms. The predicted octanol–water partition coefficient (Wildman–Crippen LogP) is 0.642. The molecule has 0 atom stereocenters. The molecule has 0 fully saturated rings. The fourth-order valence-electron chi connectivity index (χ4n) is 0.973. The summed E-state index contributed by atoms with van der Waals surface area (Å²) >= 11 is 3.06. The molecule has 108 valence electrons. The van der Waals surface area contributed by atoms with Crippen molar-refractivity contribution in [1.82, 2.24) is 4.57 Å². The standard InChI is InChI=1S/C6H11N2.C4H4BBrN2O4/c1-3-8-5-4-7(2)6-8;6-1-2-11-12-5(9-3-7)10-4-8/h4-6H,3H2,1-2H3;1-2H2/q+1;. The summed E-state index contributed by atoms with van der Waals surface area (Å²) in [6.45, 7) is 3.43. The Morgan fingerprint density at radius 2 is 2.00 bits per heavy atom. The fraction of sp³-hybridized carbons (Fsp3) is 0.500. The van der Waals surface area contributed by atoms with Crippen molar-refractivity contribution in [2.24, 2.45) is 7.05 Å². The molecule has 0 aliphatic rings. The first-order chi connectivity index (χ1) is 9.67. The van der Waals surface area contributed by atoms with Crippen molar-refractivity contribution >= 4 is 23.3 Å². The first kappa shape index (κ1) is 18.3. The number of aromatic nitrogens is 2. The van der Waals surface area contributed by atoms with E-state index in [1.54, 1.807) is 0 Å². The Hall–Kier alpha value is -1.75. The van der Waals surface area contributed by atoms with Crippen molar-refractivity contribution < 1.29 is 23.6 Å².